The van der Waals surface area contributed by atoms with Crippen LogP contribution in [-0.2, 0) is 11.2 Å². The average Bonchev–Trinajstić information content (AvgIpc) is 3.05. The lowest BCUT2D eigenvalue weighted by Gasteiger charge is -2.08. The summed E-state index contributed by atoms with van der Waals surface area (Å²) in [7, 11) is 0. The van der Waals surface area contributed by atoms with E-state index in [0.717, 1.165) is 23.4 Å². The van der Waals surface area contributed by atoms with E-state index in [-0.39, 0.29) is 5.91 Å². The summed E-state index contributed by atoms with van der Waals surface area (Å²) < 4.78 is 1.68. The predicted octanol–water partition coefficient (Wildman–Crippen LogP) is 2.58. The van der Waals surface area contributed by atoms with Crippen LogP contribution in [0.2, 0.25) is 0 Å². The van der Waals surface area contributed by atoms with E-state index in [0.29, 0.717) is 12.5 Å². The van der Waals surface area contributed by atoms with Crippen molar-refractivity contribution >= 4 is 17.5 Å². The SMILES string of the molecule is CC(=O)Nc1ccc(CCNc2nnnn2-c2ccc(C)cc2)cc1. The highest BCUT2D eigenvalue weighted by atomic mass is 16.1. The number of benzene rings is 2. The molecule has 2 aromatic carbocycles. The van der Waals surface area contributed by atoms with Crippen molar-refractivity contribution in [3.8, 4) is 5.69 Å². The highest BCUT2D eigenvalue weighted by molar-refractivity contribution is 5.88. The maximum atomic E-state index is 11.0. The number of hydrogen-bond acceptors (Lipinski definition) is 5. The molecule has 1 heterocycles. The maximum absolute atomic E-state index is 11.0. The van der Waals surface area contributed by atoms with Gasteiger partial charge in [-0.2, -0.15) is 4.68 Å². The van der Waals surface area contributed by atoms with E-state index in [1.165, 1.54) is 12.5 Å². The normalized spacial score (nSPS) is 10.5. The van der Waals surface area contributed by atoms with Gasteiger partial charge in [-0.3, -0.25) is 4.79 Å². The zero-order chi connectivity index (χ0) is 17.6. The molecule has 0 fully saturated rings. The molecule has 0 saturated carbocycles. The zero-order valence-corrected chi connectivity index (χ0v) is 14.2. The molecule has 3 aromatic rings. The molecule has 0 atom stereocenters. The molecule has 0 aliphatic rings. The van der Waals surface area contributed by atoms with Crippen molar-refractivity contribution in [2.45, 2.75) is 20.3 Å². The second-order valence-electron chi connectivity index (χ2n) is 5.80. The van der Waals surface area contributed by atoms with Gasteiger partial charge < -0.3 is 10.6 Å². The fourth-order valence-corrected chi connectivity index (χ4v) is 2.43. The van der Waals surface area contributed by atoms with Crippen LogP contribution in [0.1, 0.15) is 18.1 Å². The van der Waals surface area contributed by atoms with Crippen LogP contribution >= 0.6 is 0 Å². The first-order valence-corrected chi connectivity index (χ1v) is 8.07. The van der Waals surface area contributed by atoms with Crippen molar-refractivity contribution < 1.29 is 4.79 Å². The molecular weight excluding hydrogens is 316 g/mol. The lowest BCUT2D eigenvalue weighted by Crippen LogP contribution is -2.11. The van der Waals surface area contributed by atoms with Crippen LogP contribution in [-0.4, -0.2) is 32.7 Å². The first kappa shape index (κ1) is 16.6. The maximum Gasteiger partial charge on any atom is 0.247 e. The number of rotatable bonds is 6. The third-order valence-corrected chi connectivity index (χ3v) is 3.72. The molecule has 7 nitrogen and oxygen atoms in total. The number of carbonyl (C=O) groups excluding carboxylic acids is 1. The smallest absolute Gasteiger partial charge is 0.247 e. The van der Waals surface area contributed by atoms with Gasteiger partial charge in [-0.05, 0) is 53.6 Å². The number of aromatic nitrogens is 4. The first-order chi connectivity index (χ1) is 12.1. The van der Waals surface area contributed by atoms with E-state index >= 15 is 0 Å². The largest absolute Gasteiger partial charge is 0.352 e. The molecule has 7 heteroatoms. The van der Waals surface area contributed by atoms with Crippen LogP contribution < -0.4 is 10.6 Å². The minimum atomic E-state index is -0.0719. The summed E-state index contributed by atoms with van der Waals surface area (Å²) in [6.45, 7) is 4.24. The van der Waals surface area contributed by atoms with Crippen LogP contribution in [0.15, 0.2) is 48.5 Å². The molecule has 25 heavy (non-hydrogen) atoms. The molecule has 0 saturated heterocycles. The summed E-state index contributed by atoms with van der Waals surface area (Å²) in [5.41, 5.74) is 4.07. The van der Waals surface area contributed by atoms with Gasteiger partial charge in [0.2, 0.25) is 11.9 Å². The van der Waals surface area contributed by atoms with E-state index in [1.54, 1.807) is 4.68 Å². The number of aryl methyl sites for hydroxylation is 1. The average molecular weight is 336 g/mol. The highest BCUT2D eigenvalue weighted by Gasteiger charge is 2.07. The Hall–Kier alpha value is -3.22. The fourth-order valence-electron chi connectivity index (χ4n) is 2.43. The molecule has 0 bridgehead atoms. The lowest BCUT2D eigenvalue weighted by atomic mass is 10.1. The van der Waals surface area contributed by atoms with Gasteiger partial charge in [0.1, 0.15) is 0 Å². The minimum absolute atomic E-state index is 0.0719. The highest BCUT2D eigenvalue weighted by Crippen LogP contribution is 2.13. The number of tetrazole rings is 1. The number of amides is 1. The van der Waals surface area contributed by atoms with E-state index in [4.69, 9.17) is 0 Å². The lowest BCUT2D eigenvalue weighted by molar-refractivity contribution is -0.114. The Morgan fingerprint density at radius 3 is 2.48 bits per heavy atom. The fraction of sp³-hybridized carbons (Fsp3) is 0.222. The minimum Gasteiger partial charge on any atom is -0.352 e. The summed E-state index contributed by atoms with van der Waals surface area (Å²) in [6.07, 6.45) is 0.821. The second-order valence-corrected chi connectivity index (χ2v) is 5.80. The van der Waals surface area contributed by atoms with Crippen LogP contribution in [0.4, 0.5) is 11.6 Å². The third kappa shape index (κ3) is 4.41. The molecular formula is C18H20N6O. The molecule has 0 radical (unpaired) electrons. The first-order valence-electron chi connectivity index (χ1n) is 8.07. The van der Waals surface area contributed by atoms with Crippen molar-refractivity contribution in [3.05, 3.63) is 59.7 Å². The Labute approximate surface area is 146 Å². The van der Waals surface area contributed by atoms with Gasteiger partial charge in [0.05, 0.1) is 5.69 Å². The standard InChI is InChI=1S/C18H20N6O/c1-13-3-9-17(10-4-13)24-18(21-22-23-24)19-12-11-15-5-7-16(8-6-15)20-14(2)25/h3-10H,11-12H2,1-2H3,(H,20,25)(H,19,21,23). The van der Waals surface area contributed by atoms with E-state index in [9.17, 15) is 4.79 Å². The Kier molecular flexibility index (Phi) is 5.03. The summed E-state index contributed by atoms with van der Waals surface area (Å²) in [5, 5.41) is 17.8. The Bertz CT molecular complexity index is 839. The summed E-state index contributed by atoms with van der Waals surface area (Å²) >= 11 is 0. The number of nitrogens with zero attached hydrogens (tertiary/aromatic N) is 4. The van der Waals surface area contributed by atoms with Crippen LogP contribution in [0, 0.1) is 6.92 Å². The van der Waals surface area contributed by atoms with Crippen molar-refractivity contribution in [2.24, 2.45) is 0 Å². The van der Waals surface area contributed by atoms with E-state index in [1.807, 2.05) is 55.5 Å². The van der Waals surface area contributed by atoms with Crippen molar-refractivity contribution in [1.29, 1.82) is 0 Å². The van der Waals surface area contributed by atoms with Gasteiger partial charge >= 0.3 is 0 Å². The molecule has 0 spiro atoms. The molecule has 2 N–H and O–H groups in total. The quantitative estimate of drug-likeness (QED) is 0.723. The zero-order valence-electron chi connectivity index (χ0n) is 14.2. The number of carbonyl (C=O) groups is 1. The summed E-state index contributed by atoms with van der Waals surface area (Å²) in [5.74, 6) is 0.538. The van der Waals surface area contributed by atoms with Gasteiger partial charge in [-0.25, -0.2) is 0 Å². The van der Waals surface area contributed by atoms with Gasteiger partial charge in [-0.1, -0.05) is 34.9 Å². The molecule has 1 aromatic heterocycles. The Morgan fingerprint density at radius 2 is 1.80 bits per heavy atom. The van der Waals surface area contributed by atoms with Gasteiger partial charge in [0, 0.05) is 19.2 Å². The van der Waals surface area contributed by atoms with Crippen LogP contribution in [0.3, 0.4) is 0 Å². The van der Waals surface area contributed by atoms with Gasteiger partial charge in [0.25, 0.3) is 0 Å². The summed E-state index contributed by atoms with van der Waals surface area (Å²) in [4.78, 5) is 11.0. The molecule has 1 amide bonds. The van der Waals surface area contributed by atoms with Gasteiger partial charge in [-0.15, -0.1) is 0 Å². The summed E-state index contributed by atoms with van der Waals surface area (Å²) in [6, 6.07) is 15.8. The van der Waals surface area contributed by atoms with Gasteiger partial charge in [0.15, 0.2) is 0 Å². The number of nitrogens with one attached hydrogen (secondary N) is 2. The molecule has 0 unspecified atom stereocenters. The Morgan fingerprint density at radius 1 is 1.08 bits per heavy atom. The molecule has 0 aliphatic heterocycles. The Balaban J connectivity index is 1.59. The number of hydrogen-bond donors (Lipinski definition) is 2. The molecule has 128 valence electrons. The van der Waals surface area contributed by atoms with Crippen LogP contribution in [0.5, 0.6) is 0 Å². The topological polar surface area (TPSA) is 84.7 Å². The van der Waals surface area contributed by atoms with Crippen molar-refractivity contribution in [2.75, 3.05) is 17.2 Å². The second kappa shape index (κ2) is 7.57. The third-order valence-electron chi connectivity index (χ3n) is 3.72. The predicted molar refractivity (Wildman–Crippen MR) is 96.8 cm³/mol. The van der Waals surface area contributed by atoms with Crippen LogP contribution in [0.25, 0.3) is 5.69 Å². The van der Waals surface area contributed by atoms with E-state index in [2.05, 4.69) is 26.2 Å². The van der Waals surface area contributed by atoms with Crippen molar-refractivity contribution in [1.82, 2.24) is 20.2 Å². The molecule has 0 aliphatic carbocycles. The monoisotopic (exact) mass is 336 g/mol. The molecule has 3 rings (SSSR count). The van der Waals surface area contributed by atoms with Crippen molar-refractivity contribution in [3.63, 3.8) is 0 Å². The van der Waals surface area contributed by atoms with E-state index < -0.39 is 0 Å². The number of anilines is 2.